The van der Waals surface area contributed by atoms with Gasteiger partial charge in [0.05, 0.1) is 5.56 Å². The summed E-state index contributed by atoms with van der Waals surface area (Å²) >= 11 is 0. The van der Waals surface area contributed by atoms with Gasteiger partial charge in [-0.1, -0.05) is 79.7 Å². The number of ether oxygens (including phenoxy) is 1. The van der Waals surface area contributed by atoms with E-state index in [9.17, 15) is 9.59 Å². The molecule has 0 saturated heterocycles. The van der Waals surface area contributed by atoms with Crippen molar-refractivity contribution in [3.8, 4) is 5.75 Å². The van der Waals surface area contributed by atoms with Gasteiger partial charge in [0.1, 0.15) is 5.75 Å². The number of para-hydroxylation sites is 1. The van der Waals surface area contributed by atoms with Gasteiger partial charge in [-0.2, -0.15) is 0 Å². The molecule has 0 aliphatic rings. The summed E-state index contributed by atoms with van der Waals surface area (Å²) in [5.41, 5.74) is 2.58. The van der Waals surface area contributed by atoms with Crippen molar-refractivity contribution < 1.29 is 14.3 Å². The third kappa shape index (κ3) is 6.21. The number of carbonyl (C=O) groups is 2. The smallest absolute Gasteiger partial charge is 0.257 e. The second kappa shape index (κ2) is 10.8. The molecule has 3 rings (SSSR count). The highest BCUT2D eigenvalue weighted by molar-refractivity contribution is 5.97. The fraction of sp³-hybridized carbons (Fsp3) is 0.200. The summed E-state index contributed by atoms with van der Waals surface area (Å²) in [7, 11) is 0. The van der Waals surface area contributed by atoms with E-state index in [0.717, 1.165) is 5.56 Å². The Labute approximate surface area is 177 Å². The zero-order chi connectivity index (χ0) is 21.2. The zero-order valence-electron chi connectivity index (χ0n) is 17.0. The lowest BCUT2D eigenvalue weighted by atomic mass is 10.0. The highest BCUT2D eigenvalue weighted by atomic mass is 16.5. The summed E-state index contributed by atoms with van der Waals surface area (Å²) < 4.78 is 5.64. The summed E-state index contributed by atoms with van der Waals surface area (Å²) in [5, 5.41) is 5.76. The Kier molecular flexibility index (Phi) is 7.61. The first kappa shape index (κ1) is 21.1. The Morgan fingerprint density at radius 1 is 0.833 bits per heavy atom. The van der Waals surface area contributed by atoms with Crippen LogP contribution in [-0.2, 0) is 11.3 Å². The number of benzene rings is 3. The van der Waals surface area contributed by atoms with Crippen LogP contribution in [0.5, 0.6) is 5.75 Å². The molecule has 2 N–H and O–H groups in total. The van der Waals surface area contributed by atoms with Crippen LogP contribution in [0, 0.1) is 0 Å². The highest BCUT2D eigenvalue weighted by Crippen LogP contribution is 2.18. The molecule has 1 atom stereocenters. The summed E-state index contributed by atoms with van der Waals surface area (Å²) in [6, 6.07) is 26.6. The van der Waals surface area contributed by atoms with Crippen molar-refractivity contribution in [1.82, 2.24) is 10.6 Å². The van der Waals surface area contributed by atoms with Gasteiger partial charge in [0.2, 0.25) is 0 Å². The summed E-state index contributed by atoms with van der Waals surface area (Å²) in [6.45, 7) is 2.85. The Morgan fingerprint density at radius 3 is 2.20 bits per heavy atom. The molecular formula is C25H26N2O3. The van der Waals surface area contributed by atoms with Gasteiger partial charge in [-0.15, -0.1) is 0 Å². The normalized spacial score (nSPS) is 11.4. The predicted molar refractivity (Wildman–Crippen MR) is 117 cm³/mol. The van der Waals surface area contributed by atoms with E-state index in [-0.39, 0.29) is 24.3 Å². The second-order valence-corrected chi connectivity index (χ2v) is 7.07. The second-order valence-electron chi connectivity index (χ2n) is 7.07. The minimum Gasteiger partial charge on any atom is -0.483 e. The van der Waals surface area contributed by atoms with Crippen LogP contribution in [0.2, 0.25) is 0 Å². The van der Waals surface area contributed by atoms with Gasteiger partial charge in [-0.05, 0) is 29.2 Å². The molecule has 0 aliphatic heterocycles. The van der Waals surface area contributed by atoms with Gasteiger partial charge in [-0.3, -0.25) is 9.59 Å². The van der Waals surface area contributed by atoms with Gasteiger partial charge in [0.15, 0.2) is 6.61 Å². The third-order valence-corrected chi connectivity index (χ3v) is 4.76. The van der Waals surface area contributed by atoms with Crippen molar-refractivity contribution in [1.29, 1.82) is 0 Å². The van der Waals surface area contributed by atoms with E-state index in [0.29, 0.717) is 24.4 Å². The quantitative estimate of drug-likeness (QED) is 0.570. The van der Waals surface area contributed by atoms with Gasteiger partial charge in [0, 0.05) is 13.1 Å². The van der Waals surface area contributed by atoms with E-state index >= 15 is 0 Å². The molecule has 3 aromatic rings. The molecule has 0 aliphatic carbocycles. The minimum absolute atomic E-state index is 0.148. The first-order valence-corrected chi connectivity index (χ1v) is 9.99. The Morgan fingerprint density at radius 2 is 1.47 bits per heavy atom. The van der Waals surface area contributed by atoms with Crippen LogP contribution in [0.25, 0.3) is 0 Å². The summed E-state index contributed by atoms with van der Waals surface area (Å²) in [4.78, 5) is 24.8. The molecular weight excluding hydrogens is 376 g/mol. The molecule has 0 saturated carbocycles. The van der Waals surface area contributed by atoms with Crippen LogP contribution in [0.3, 0.4) is 0 Å². The monoisotopic (exact) mass is 402 g/mol. The topological polar surface area (TPSA) is 67.4 Å². The SMILES string of the molecule is CC(CNC(=O)COc1ccccc1C(=O)NCc1ccccc1)c1ccccc1. The maximum atomic E-state index is 12.6. The highest BCUT2D eigenvalue weighted by Gasteiger charge is 2.14. The Bertz CT molecular complexity index is 958. The minimum atomic E-state index is -0.243. The maximum absolute atomic E-state index is 12.6. The Hall–Kier alpha value is -3.60. The number of rotatable bonds is 9. The number of carbonyl (C=O) groups excluding carboxylic acids is 2. The largest absolute Gasteiger partial charge is 0.483 e. The molecule has 5 heteroatoms. The van der Waals surface area contributed by atoms with E-state index in [2.05, 4.69) is 17.6 Å². The van der Waals surface area contributed by atoms with Crippen LogP contribution < -0.4 is 15.4 Å². The van der Waals surface area contributed by atoms with Crippen molar-refractivity contribution in [3.63, 3.8) is 0 Å². The number of amides is 2. The molecule has 1 unspecified atom stereocenters. The van der Waals surface area contributed by atoms with E-state index in [4.69, 9.17) is 4.74 Å². The fourth-order valence-electron chi connectivity index (χ4n) is 3.01. The standard InChI is InChI=1S/C25H26N2O3/c1-19(21-12-6-3-7-13-21)16-26-24(28)18-30-23-15-9-8-14-22(23)25(29)27-17-20-10-4-2-5-11-20/h2-15,19H,16-18H2,1H3,(H,26,28)(H,27,29). The number of hydrogen-bond donors (Lipinski definition) is 2. The maximum Gasteiger partial charge on any atom is 0.257 e. The Balaban J connectivity index is 1.50. The third-order valence-electron chi connectivity index (χ3n) is 4.76. The van der Waals surface area contributed by atoms with Crippen LogP contribution in [-0.4, -0.2) is 25.0 Å². The summed E-state index contributed by atoms with van der Waals surface area (Å²) in [5.74, 6) is 0.116. The van der Waals surface area contributed by atoms with Gasteiger partial charge >= 0.3 is 0 Å². The molecule has 0 aromatic heterocycles. The van der Waals surface area contributed by atoms with Crippen molar-refractivity contribution in [2.24, 2.45) is 0 Å². The molecule has 3 aromatic carbocycles. The molecule has 0 radical (unpaired) electrons. The molecule has 154 valence electrons. The van der Waals surface area contributed by atoms with E-state index in [1.807, 2.05) is 60.7 Å². The molecule has 5 nitrogen and oxygen atoms in total. The van der Waals surface area contributed by atoms with Crippen molar-refractivity contribution in [2.75, 3.05) is 13.2 Å². The van der Waals surface area contributed by atoms with Gasteiger partial charge < -0.3 is 15.4 Å². The lowest BCUT2D eigenvalue weighted by Gasteiger charge is -2.14. The molecule has 0 heterocycles. The van der Waals surface area contributed by atoms with E-state index in [1.165, 1.54) is 5.56 Å². The van der Waals surface area contributed by atoms with Crippen LogP contribution >= 0.6 is 0 Å². The van der Waals surface area contributed by atoms with Crippen LogP contribution in [0.1, 0.15) is 34.3 Å². The first-order valence-electron chi connectivity index (χ1n) is 9.99. The van der Waals surface area contributed by atoms with Crippen molar-refractivity contribution >= 4 is 11.8 Å². The average molecular weight is 402 g/mol. The van der Waals surface area contributed by atoms with Gasteiger partial charge in [-0.25, -0.2) is 0 Å². The van der Waals surface area contributed by atoms with Crippen molar-refractivity contribution in [2.45, 2.75) is 19.4 Å². The molecule has 0 spiro atoms. The summed E-state index contributed by atoms with van der Waals surface area (Å²) in [6.07, 6.45) is 0. The molecule has 0 fully saturated rings. The lowest BCUT2D eigenvalue weighted by molar-refractivity contribution is -0.123. The van der Waals surface area contributed by atoms with E-state index < -0.39 is 0 Å². The molecule has 2 amide bonds. The molecule has 30 heavy (non-hydrogen) atoms. The lowest BCUT2D eigenvalue weighted by Crippen LogP contribution is -2.32. The number of hydrogen-bond acceptors (Lipinski definition) is 3. The first-order chi connectivity index (χ1) is 14.6. The average Bonchev–Trinajstić information content (AvgIpc) is 2.81. The van der Waals surface area contributed by atoms with Crippen LogP contribution in [0.15, 0.2) is 84.9 Å². The van der Waals surface area contributed by atoms with Crippen molar-refractivity contribution in [3.05, 3.63) is 102 Å². The number of nitrogens with one attached hydrogen (secondary N) is 2. The zero-order valence-corrected chi connectivity index (χ0v) is 17.0. The van der Waals surface area contributed by atoms with Gasteiger partial charge in [0.25, 0.3) is 11.8 Å². The van der Waals surface area contributed by atoms with Crippen LogP contribution in [0.4, 0.5) is 0 Å². The van der Waals surface area contributed by atoms with E-state index in [1.54, 1.807) is 24.3 Å². The fourth-order valence-corrected chi connectivity index (χ4v) is 3.01. The predicted octanol–water partition coefficient (Wildman–Crippen LogP) is 3.92. The molecule has 0 bridgehead atoms.